The number of carbonyl (C=O) groups is 1. The van der Waals surface area contributed by atoms with Gasteiger partial charge in [-0.05, 0) is 55.7 Å². The largest absolute Gasteiger partial charge is 0.494 e. The van der Waals surface area contributed by atoms with E-state index in [-0.39, 0.29) is 5.91 Å². The third-order valence-electron chi connectivity index (χ3n) is 4.44. The Hall–Kier alpha value is -2.69. The van der Waals surface area contributed by atoms with Gasteiger partial charge >= 0.3 is 0 Å². The number of likely N-dealkylation sites (N-methyl/N-ethyl adjacent to an activating group) is 1. The van der Waals surface area contributed by atoms with Gasteiger partial charge in [0.1, 0.15) is 11.5 Å². The van der Waals surface area contributed by atoms with Crippen molar-refractivity contribution >= 4 is 11.6 Å². The monoisotopic (exact) mass is 354 g/mol. The number of para-hydroxylation sites is 2. The van der Waals surface area contributed by atoms with Gasteiger partial charge in [0, 0.05) is 13.6 Å². The number of ether oxygens (including phenoxy) is 2. The fourth-order valence-electron chi connectivity index (χ4n) is 3.28. The average molecular weight is 354 g/mol. The molecule has 2 aromatic carbocycles. The molecule has 1 atom stereocenters. The lowest BCUT2D eigenvalue weighted by molar-refractivity contribution is -0.127. The predicted octanol–water partition coefficient (Wildman–Crippen LogP) is 3.09. The van der Waals surface area contributed by atoms with Gasteiger partial charge in [0.25, 0.3) is 5.91 Å². The van der Waals surface area contributed by atoms with Crippen LogP contribution in [0, 0.1) is 13.8 Å². The zero-order valence-electron chi connectivity index (χ0n) is 15.6. The highest BCUT2D eigenvalue weighted by molar-refractivity contribution is 5.83. The van der Waals surface area contributed by atoms with Crippen LogP contribution in [0.25, 0.3) is 0 Å². The van der Waals surface area contributed by atoms with Crippen LogP contribution in [0.15, 0.2) is 42.5 Å². The van der Waals surface area contributed by atoms with Gasteiger partial charge in [-0.25, -0.2) is 0 Å². The minimum Gasteiger partial charge on any atom is -0.494 e. The Morgan fingerprint density at radius 2 is 1.96 bits per heavy atom. The predicted molar refractivity (Wildman–Crippen MR) is 103 cm³/mol. The summed E-state index contributed by atoms with van der Waals surface area (Å²) < 4.78 is 11.7. The number of nitrogens with zero attached hydrogens (tertiary/aromatic N) is 1. The molecule has 0 fully saturated rings. The molecule has 0 bridgehead atoms. The van der Waals surface area contributed by atoms with E-state index in [0.717, 1.165) is 30.2 Å². The standard InChI is InChI=1S/C21H26N2O3/c1-15-11-16(2)13-17(12-15)25-10-6-9-23-14-20(21(24)22-3)26-19-8-5-4-7-18(19)23/h4-5,7-8,11-13,20H,6,9-10,14H2,1-3H3,(H,22,24)/t20-/m0/s1. The molecule has 0 saturated carbocycles. The summed E-state index contributed by atoms with van der Waals surface area (Å²) in [4.78, 5) is 14.2. The number of hydrogen-bond donors (Lipinski definition) is 1. The molecule has 138 valence electrons. The Balaban J connectivity index is 1.60. The highest BCUT2D eigenvalue weighted by Gasteiger charge is 2.29. The molecular formula is C21H26N2O3. The molecular weight excluding hydrogens is 328 g/mol. The maximum atomic E-state index is 12.0. The van der Waals surface area contributed by atoms with Crippen LogP contribution in [-0.4, -0.2) is 38.8 Å². The minimum absolute atomic E-state index is 0.101. The third-order valence-corrected chi connectivity index (χ3v) is 4.44. The Kier molecular flexibility index (Phi) is 5.66. The maximum absolute atomic E-state index is 12.0. The van der Waals surface area contributed by atoms with Crippen LogP contribution in [0.5, 0.6) is 11.5 Å². The SMILES string of the molecule is CNC(=O)[C@@H]1CN(CCCOc2cc(C)cc(C)c2)c2ccccc2O1. The van der Waals surface area contributed by atoms with Crippen LogP contribution in [0.1, 0.15) is 17.5 Å². The van der Waals surface area contributed by atoms with Crippen molar-refractivity contribution in [3.05, 3.63) is 53.6 Å². The van der Waals surface area contributed by atoms with E-state index in [4.69, 9.17) is 9.47 Å². The van der Waals surface area contributed by atoms with Crippen molar-refractivity contribution in [2.24, 2.45) is 0 Å². The fourth-order valence-corrected chi connectivity index (χ4v) is 3.28. The lowest BCUT2D eigenvalue weighted by Crippen LogP contribution is -2.48. The second-order valence-electron chi connectivity index (χ2n) is 6.66. The molecule has 1 N–H and O–H groups in total. The summed E-state index contributed by atoms with van der Waals surface area (Å²) in [5.74, 6) is 1.56. The Morgan fingerprint density at radius 3 is 2.69 bits per heavy atom. The van der Waals surface area contributed by atoms with Gasteiger partial charge < -0.3 is 19.7 Å². The molecule has 3 rings (SSSR count). The van der Waals surface area contributed by atoms with Crippen molar-refractivity contribution in [3.8, 4) is 11.5 Å². The molecule has 5 heteroatoms. The number of anilines is 1. The van der Waals surface area contributed by atoms with Gasteiger partial charge in [-0.1, -0.05) is 18.2 Å². The van der Waals surface area contributed by atoms with Gasteiger partial charge in [-0.15, -0.1) is 0 Å². The lowest BCUT2D eigenvalue weighted by atomic mass is 10.1. The first-order valence-electron chi connectivity index (χ1n) is 9.00. The minimum atomic E-state index is -0.491. The van der Waals surface area contributed by atoms with E-state index in [1.54, 1.807) is 7.05 Å². The fraction of sp³-hybridized carbons (Fsp3) is 0.381. The second kappa shape index (κ2) is 8.13. The Labute approximate surface area is 154 Å². The van der Waals surface area contributed by atoms with Crippen LogP contribution in [0.4, 0.5) is 5.69 Å². The van der Waals surface area contributed by atoms with E-state index in [1.807, 2.05) is 24.3 Å². The van der Waals surface area contributed by atoms with E-state index >= 15 is 0 Å². The van der Waals surface area contributed by atoms with Gasteiger partial charge in [0.05, 0.1) is 18.8 Å². The van der Waals surface area contributed by atoms with Crippen LogP contribution in [0.3, 0.4) is 0 Å². The molecule has 0 aliphatic carbocycles. The molecule has 0 unspecified atom stereocenters. The van der Waals surface area contributed by atoms with E-state index in [2.05, 4.69) is 42.3 Å². The number of hydrogen-bond acceptors (Lipinski definition) is 4. The van der Waals surface area contributed by atoms with Crippen molar-refractivity contribution in [3.63, 3.8) is 0 Å². The number of nitrogens with one attached hydrogen (secondary N) is 1. The van der Waals surface area contributed by atoms with Gasteiger partial charge in [0.15, 0.2) is 6.10 Å². The summed E-state index contributed by atoms with van der Waals surface area (Å²) in [7, 11) is 1.63. The molecule has 5 nitrogen and oxygen atoms in total. The van der Waals surface area contributed by atoms with E-state index in [0.29, 0.717) is 13.2 Å². The summed E-state index contributed by atoms with van der Waals surface area (Å²) in [6.07, 6.45) is 0.372. The second-order valence-corrected chi connectivity index (χ2v) is 6.66. The smallest absolute Gasteiger partial charge is 0.262 e. The van der Waals surface area contributed by atoms with Crippen LogP contribution in [0.2, 0.25) is 0 Å². The lowest BCUT2D eigenvalue weighted by Gasteiger charge is -2.35. The van der Waals surface area contributed by atoms with Crippen LogP contribution < -0.4 is 19.7 Å². The van der Waals surface area contributed by atoms with Gasteiger partial charge in [-0.2, -0.15) is 0 Å². The Morgan fingerprint density at radius 1 is 1.23 bits per heavy atom. The molecule has 0 radical (unpaired) electrons. The molecule has 26 heavy (non-hydrogen) atoms. The molecule has 1 aliphatic heterocycles. The quantitative estimate of drug-likeness (QED) is 0.810. The van der Waals surface area contributed by atoms with Crippen molar-refractivity contribution in [1.29, 1.82) is 0 Å². The van der Waals surface area contributed by atoms with Crippen LogP contribution >= 0.6 is 0 Å². The number of fused-ring (bicyclic) bond motifs is 1. The van der Waals surface area contributed by atoms with Crippen molar-refractivity contribution in [2.75, 3.05) is 31.6 Å². The molecule has 0 aromatic heterocycles. The van der Waals surface area contributed by atoms with Crippen LogP contribution in [-0.2, 0) is 4.79 Å². The number of benzene rings is 2. The zero-order chi connectivity index (χ0) is 18.5. The molecule has 1 aliphatic rings. The summed E-state index contributed by atoms with van der Waals surface area (Å²) >= 11 is 0. The summed E-state index contributed by atoms with van der Waals surface area (Å²) in [5.41, 5.74) is 3.44. The number of rotatable bonds is 6. The Bertz CT molecular complexity index is 755. The third kappa shape index (κ3) is 4.28. The molecule has 2 aromatic rings. The normalized spacial score (nSPS) is 15.8. The highest BCUT2D eigenvalue weighted by atomic mass is 16.5. The van der Waals surface area contributed by atoms with Gasteiger partial charge in [0.2, 0.25) is 0 Å². The highest BCUT2D eigenvalue weighted by Crippen LogP contribution is 2.33. The first-order valence-corrected chi connectivity index (χ1v) is 9.00. The van der Waals surface area contributed by atoms with Crippen molar-refractivity contribution < 1.29 is 14.3 Å². The average Bonchev–Trinajstić information content (AvgIpc) is 2.63. The van der Waals surface area contributed by atoms with E-state index in [9.17, 15) is 4.79 Å². The summed E-state index contributed by atoms with van der Waals surface area (Å²) in [6.45, 7) is 6.12. The van der Waals surface area contributed by atoms with E-state index < -0.39 is 6.10 Å². The van der Waals surface area contributed by atoms with E-state index in [1.165, 1.54) is 11.1 Å². The first kappa shape index (κ1) is 18.1. The summed E-state index contributed by atoms with van der Waals surface area (Å²) in [6, 6.07) is 14.1. The number of amides is 1. The number of carbonyl (C=O) groups excluding carboxylic acids is 1. The van der Waals surface area contributed by atoms with Crippen molar-refractivity contribution in [1.82, 2.24) is 5.32 Å². The molecule has 0 saturated heterocycles. The molecule has 1 heterocycles. The van der Waals surface area contributed by atoms with Gasteiger partial charge in [-0.3, -0.25) is 4.79 Å². The number of aryl methyl sites for hydroxylation is 2. The topological polar surface area (TPSA) is 50.8 Å². The molecule has 1 amide bonds. The van der Waals surface area contributed by atoms with Crippen molar-refractivity contribution in [2.45, 2.75) is 26.4 Å². The zero-order valence-corrected chi connectivity index (χ0v) is 15.6. The first-order chi connectivity index (χ1) is 12.6. The summed E-state index contributed by atoms with van der Waals surface area (Å²) in [5, 5.41) is 2.67. The maximum Gasteiger partial charge on any atom is 0.262 e. The molecule has 0 spiro atoms.